The minimum Gasteiger partial charge on any atom is -0.324 e. The predicted molar refractivity (Wildman–Crippen MR) is 88.2 cm³/mol. The van der Waals surface area contributed by atoms with Crippen molar-refractivity contribution in [2.24, 2.45) is 0 Å². The molecule has 21 heavy (non-hydrogen) atoms. The lowest BCUT2D eigenvalue weighted by atomic mass is 10.1. The second kappa shape index (κ2) is 6.97. The van der Waals surface area contributed by atoms with Crippen LogP contribution in [0, 0.1) is 0 Å². The van der Waals surface area contributed by atoms with Gasteiger partial charge in [0.2, 0.25) is 5.91 Å². The van der Waals surface area contributed by atoms with Crippen LogP contribution in [0.15, 0.2) is 18.2 Å². The summed E-state index contributed by atoms with van der Waals surface area (Å²) < 4.78 is 0. The minimum atomic E-state index is -0.0529. The lowest BCUT2D eigenvalue weighted by molar-refractivity contribution is -0.118. The fourth-order valence-corrected chi connectivity index (χ4v) is 3.01. The average Bonchev–Trinajstić information content (AvgIpc) is 2.39. The van der Waals surface area contributed by atoms with Crippen molar-refractivity contribution < 1.29 is 4.79 Å². The molecule has 4 nitrogen and oxygen atoms in total. The van der Waals surface area contributed by atoms with E-state index in [0.717, 1.165) is 13.1 Å². The smallest absolute Gasteiger partial charge is 0.238 e. The van der Waals surface area contributed by atoms with E-state index in [4.69, 9.17) is 23.2 Å². The number of nitrogens with zero attached hydrogens (tertiary/aromatic N) is 2. The van der Waals surface area contributed by atoms with Crippen LogP contribution >= 0.6 is 23.2 Å². The van der Waals surface area contributed by atoms with Crippen LogP contribution in [0.4, 0.5) is 5.69 Å². The molecule has 2 atom stereocenters. The first-order chi connectivity index (χ1) is 9.86. The van der Waals surface area contributed by atoms with Gasteiger partial charge >= 0.3 is 0 Å². The maximum atomic E-state index is 12.2. The molecule has 0 spiro atoms. The van der Waals surface area contributed by atoms with Gasteiger partial charge in [0.15, 0.2) is 0 Å². The van der Waals surface area contributed by atoms with Crippen molar-refractivity contribution in [1.29, 1.82) is 0 Å². The van der Waals surface area contributed by atoms with Crippen LogP contribution in [0.3, 0.4) is 0 Å². The zero-order valence-corrected chi connectivity index (χ0v) is 14.1. The highest BCUT2D eigenvalue weighted by molar-refractivity contribution is 6.36. The summed E-state index contributed by atoms with van der Waals surface area (Å²) in [5, 5.41) is 3.86. The third-order valence-electron chi connectivity index (χ3n) is 3.98. The highest BCUT2D eigenvalue weighted by Crippen LogP contribution is 2.25. The van der Waals surface area contributed by atoms with Gasteiger partial charge in [0.25, 0.3) is 0 Å². The second-order valence-electron chi connectivity index (χ2n) is 5.74. The van der Waals surface area contributed by atoms with E-state index in [9.17, 15) is 4.79 Å². The zero-order chi connectivity index (χ0) is 15.6. The summed E-state index contributed by atoms with van der Waals surface area (Å²) in [6.45, 7) is 6.55. The number of hydrogen-bond donors (Lipinski definition) is 1. The van der Waals surface area contributed by atoms with E-state index in [1.54, 1.807) is 18.2 Å². The number of anilines is 1. The number of amides is 1. The number of carbonyl (C=O) groups excluding carboxylic acids is 1. The van der Waals surface area contributed by atoms with E-state index in [1.165, 1.54) is 0 Å². The summed E-state index contributed by atoms with van der Waals surface area (Å²) >= 11 is 11.9. The van der Waals surface area contributed by atoms with Crippen molar-refractivity contribution >= 4 is 34.8 Å². The van der Waals surface area contributed by atoms with E-state index in [1.807, 2.05) is 0 Å². The van der Waals surface area contributed by atoms with Crippen LogP contribution in [0.1, 0.15) is 13.8 Å². The van der Waals surface area contributed by atoms with E-state index >= 15 is 0 Å². The molecule has 1 saturated heterocycles. The van der Waals surface area contributed by atoms with Gasteiger partial charge < -0.3 is 10.2 Å². The van der Waals surface area contributed by atoms with Gasteiger partial charge in [0.1, 0.15) is 0 Å². The van der Waals surface area contributed by atoms with Crippen molar-refractivity contribution in [3.05, 3.63) is 28.2 Å². The van der Waals surface area contributed by atoms with E-state index < -0.39 is 0 Å². The van der Waals surface area contributed by atoms with Crippen LogP contribution in [0.25, 0.3) is 0 Å². The van der Waals surface area contributed by atoms with Crippen molar-refractivity contribution in [1.82, 2.24) is 9.80 Å². The van der Waals surface area contributed by atoms with Gasteiger partial charge in [-0.3, -0.25) is 9.69 Å². The number of hydrogen-bond acceptors (Lipinski definition) is 3. The van der Waals surface area contributed by atoms with Gasteiger partial charge in [-0.2, -0.15) is 0 Å². The molecule has 116 valence electrons. The Morgan fingerprint density at radius 2 is 2.00 bits per heavy atom. The number of nitrogens with one attached hydrogen (secondary N) is 1. The van der Waals surface area contributed by atoms with E-state index in [2.05, 4.69) is 36.0 Å². The first-order valence-electron chi connectivity index (χ1n) is 7.06. The van der Waals surface area contributed by atoms with Crippen molar-refractivity contribution in [3.63, 3.8) is 0 Å². The fourth-order valence-electron chi connectivity index (χ4n) is 2.56. The zero-order valence-electron chi connectivity index (χ0n) is 12.6. The molecule has 1 aliphatic heterocycles. The number of piperazine rings is 1. The van der Waals surface area contributed by atoms with Crippen LogP contribution in [0.2, 0.25) is 10.0 Å². The topological polar surface area (TPSA) is 35.6 Å². The molecule has 1 fully saturated rings. The van der Waals surface area contributed by atoms with E-state index in [-0.39, 0.29) is 5.91 Å². The van der Waals surface area contributed by atoms with Crippen LogP contribution in [-0.4, -0.2) is 54.5 Å². The van der Waals surface area contributed by atoms with Gasteiger partial charge in [-0.05, 0) is 39.1 Å². The molecule has 2 rings (SSSR count). The minimum absolute atomic E-state index is 0.0529. The van der Waals surface area contributed by atoms with Crippen molar-refractivity contribution in [2.45, 2.75) is 25.9 Å². The lowest BCUT2D eigenvalue weighted by Crippen LogP contribution is -2.56. The molecule has 0 saturated carbocycles. The Labute approximate surface area is 136 Å². The molecule has 1 aromatic carbocycles. The Morgan fingerprint density at radius 3 is 2.67 bits per heavy atom. The molecule has 0 radical (unpaired) electrons. The monoisotopic (exact) mass is 329 g/mol. The molecule has 1 heterocycles. The quantitative estimate of drug-likeness (QED) is 0.926. The molecule has 0 bridgehead atoms. The van der Waals surface area contributed by atoms with E-state index in [0.29, 0.717) is 34.4 Å². The maximum absolute atomic E-state index is 12.2. The molecular weight excluding hydrogens is 309 g/mol. The summed E-state index contributed by atoms with van der Waals surface area (Å²) in [6, 6.07) is 5.87. The van der Waals surface area contributed by atoms with Crippen LogP contribution < -0.4 is 5.32 Å². The number of carbonyl (C=O) groups is 1. The maximum Gasteiger partial charge on any atom is 0.238 e. The van der Waals surface area contributed by atoms with Gasteiger partial charge in [0.05, 0.1) is 17.3 Å². The predicted octanol–water partition coefficient (Wildman–Crippen LogP) is 2.96. The Balaban J connectivity index is 1.95. The van der Waals surface area contributed by atoms with Crippen LogP contribution in [0.5, 0.6) is 0 Å². The molecule has 6 heteroatoms. The third-order valence-corrected chi connectivity index (χ3v) is 4.53. The molecule has 0 aliphatic carbocycles. The van der Waals surface area contributed by atoms with Gasteiger partial charge in [-0.1, -0.05) is 23.2 Å². The average molecular weight is 330 g/mol. The lowest BCUT2D eigenvalue weighted by Gasteiger charge is -2.42. The summed E-state index contributed by atoms with van der Waals surface area (Å²) in [5.41, 5.74) is 0.598. The molecule has 1 aliphatic rings. The standard InChI is InChI=1S/C15H21Cl2N3O/c1-10-8-20(11(2)7-19(10)3)9-15(21)18-14-5-4-12(16)6-13(14)17/h4-6,10-11H,7-9H2,1-3H3,(H,18,21)/t10-,11+/m0/s1. The first-order valence-corrected chi connectivity index (χ1v) is 7.81. The number of likely N-dealkylation sites (N-methyl/N-ethyl adjacent to an activating group) is 1. The van der Waals surface area contributed by atoms with Crippen LogP contribution in [-0.2, 0) is 4.79 Å². The first kappa shape index (κ1) is 16.6. The highest BCUT2D eigenvalue weighted by Gasteiger charge is 2.27. The Bertz CT molecular complexity index is 524. The number of halogens is 2. The summed E-state index contributed by atoms with van der Waals surface area (Å²) in [5.74, 6) is -0.0529. The largest absolute Gasteiger partial charge is 0.324 e. The normalized spacial score (nSPS) is 24.0. The Hall–Kier alpha value is -0.810. The third kappa shape index (κ3) is 4.33. The van der Waals surface area contributed by atoms with Gasteiger partial charge in [0, 0.05) is 30.2 Å². The molecule has 1 amide bonds. The number of benzene rings is 1. The SMILES string of the molecule is C[C@@H]1CN(C)[C@@H](C)CN1CC(=O)Nc1ccc(Cl)cc1Cl. The number of rotatable bonds is 3. The summed E-state index contributed by atoms with van der Waals surface area (Å²) in [7, 11) is 2.12. The summed E-state index contributed by atoms with van der Waals surface area (Å²) in [4.78, 5) is 16.7. The highest BCUT2D eigenvalue weighted by atomic mass is 35.5. The molecule has 1 N–H and O–H groups in total. The van der Waals surface area contributed by atoms with Gasteiger partial charge in [-0.15, -0.1) is 0 Å². The molecular formula is C15H21Cl2N3O. The fraction of sp³-hybridized carbons (Fsp3) is 0.533. The summed E-state index contributed by atoms with van der Waals surface area (Å²) in [6.07, 6.45) is 0. The van der Waals surface area contributed by atoms with Gasteiger partial charge in [-0.25, -0.2) is 0 Å². The van der Waals surface area contributed by atoms with Crippen molar-refractivity contribution in [3.8, 4) is 0 Å². The molecule has 1 aromatic rings. The molecule has 0 aromatic heterocycles. The Morgan fingerprint density at radius 1 is 1.29 bits per heavy atom. The Kier molecular flexibility index (Phi) is 5.49. The molecule has 0 unspecified atom stereocenters. The van der Waals surface area contributed by atoms with Crippen molar-refractivity contribution in [2.75, 3.05) is 32.0 Å². The second-order valence-corrected chi connectivity index (χ2v) is 6.58.